The maximum absolute atomic E-state index is 4.34. The van der Waals surface area contributed by atoms with E-state index in [0.717, 1.165) is 25.5 Å². The third-order valence-corrected chi connectivity index (χ3v) is 4.50. The molecule has 2 aliphatic rings. The van der Waals surface area contributed by atoms with Crippen LogP contribution in [0.5, 0.6) is 0 Å². The first-order valence-corrected chi connectivity index (χ1v) is 7.88. The summed E-state index contributed by atoms with van der Waals surface area (Å²) in [6, 6.07) is 3.06. The van der Waals surface area contributed by atoms with Crippen LogP contribution in [0.3, 0.4) is 0 Å². The fraction of sp³-hybridized carbons (Fsp3) is 0.714. The van der Waals surface area contributed by atoms with Crippen molar-refractivity contribution in [3.05, 3.63) is 24.3 Å². The van der Waals surface area contributed by atoms with E-state index in [4.69, 9.17) is 0 Å². The van der Waals surface area contributed by atoms with E-state index in [-0.39, 0.29) is 0 Å². The van der Waals surface area contributed by atoms with E-state index in [1.807, 2.05) is 27.8 Å². The Hall–Kier alpha value is -1.76. The van der Waals surface area contributed by atoms with Gasteiger partial charge in [-0.15, -0.1) is 5.10 Å². The molecular formula is C14H21N7. The second-order valence-corrected chi connectivity index (χ2v) is 6.12. The van der Waals surface area contributed by atoms with Crippen LogP contribution in [0, 0.1) is 0 Å². The van der Waals surface area contributed by atoms with Gasteiger partial charge in [0.25, 0.3) is 0 Å². The maximum atomic E-state index is 4.34. The molecule has 1 atom stereocenters. The first-order chi connectivity index (χ1) is 10.4. The van der Waals surface area contributed by atoms with Gasteiger partial charge in [-0.1, -0.05) is 6.42 Å². The van der Waals surface area contributed by atoms with Crippen LogP contribution in [-0.2, 0) is 13.1 Å². The van der Waals surface area contributed by atoms with Gasteiger partial charge in [-0.2, -0.15) is 5.10 Å². The number of nitrogens with zero attached hydrogens (tertiary/aromatic N) is 7. The molecule has 2 fully saturated rings. The SMILES string of the molecule is c1cnn(CC2CCCCN2Cc2nnnn2C2CC2)c1. The average Bonchev–Trinajstić information content (AvgIpc) is 3.02. The molecule has 0 aromatic carbocycles. The molecule has 0 radical (unpaired) electrons. The summed E-state index contributed by atoms with van der Waals surface area (Å²) in [6.45, 7) is 2.94. The lowest BCUT2D eigenvalue weighted by molar-refractivity contribution is 0.117. The predicted octanol–water partition coefficient (Wildman–Crippen LogP) is 1.26. The fourth-order valence-electron chi connectivity index (χ4n) is 3.20. The quantitative estimate of drug-likeness (QED) is 0.828. The first kappa shape index (κ1) is 12.9. The van der Waals surface area contributed by atoms with Crippen LogP contribution in [0.25, 0.3) is 0 Å². The third-order valence-electron chi connectivity index (χ3n) is 4.50. The molecule has 1 saturated heterocycles. The molecule has 7 nitrogen and oxygen atoms in total. The smallest absolute Gasteiger partial charge is 0.165 e. The summed E-state index contributed by atoms with van der Waals surface area (Å²) in [5.41, 5.74) is 0. The number of tetrazole rings is 1. The van der Waals surface area contributed by atoms with Gasteiger partial charge in [0.05, 0.1) is 19.1 Å². The molecule has 1 aliphatic carbocycles. The molecule has 0 bridgehead atoms. The van der Waals surface area contributed by atoms with Crippen molar-refractivity contribution in [3.63, 3.8) is 0 Å². The first-order valence-electron chi connectivity index (χ1n) is 7.88. The van der Waals surface area contributed by atoms with Crippen LogP contribution >= 0.6 is 0 Å². The van der Waals surface area contributed by atoms with Crippen LogP contribution in [-0.4, -0.2) is 47.5 Å². The molecule has 1 unspecified atom stereocenters. The molecule has 112 valence electrons. The van der Waals surface area contributed by atoms with E-state index >= 15 is 0 Å². The zero-order chi connectivity index (χ0) is 14.1. The molecule has 0 amide bonds. The maximum Gasteiger partial charge on any atom is 0.165 e. The minimum atomic E-state index is 0.531. The van der Waals surface area contributed by atoms with E-state index in [1.165, 1.54) is 32.1 Å². The van der Waals surface area contributed by atoms with Crippen LogP contribution in [0.1, 0.15) is 44.0 Å². The van der Waals surface area contributed by atoms with Crippen LogP contribution in [0.4, 0.5) is 0 Å². The molecule has 1 saturated carbocycles. The molecule has 7 heteroatoms. The Labute approximate surface area is 123 Å². The lowest BCUT2D eigenvalue weighted by Gasteiger charge is -2.35. The summed E-state index contributed by atoms with van der Waals surface area (Å²) < 4.78 is 4.06. The summed E-state index contributed by atoms with van der Waals surface area (Å²) in [4.78, 5) is 2.52. The van der Waals surface area contributed by atoms with Crippen molar-refractivity contribution < 1.29 is 0 Å². The van der Waals surface area contributed by atoms with Crippen LogP contribution in [0.15, 0.2) is 18.5 Å². The molecule has 21 heavy (non-hydrogen) atoms. The lowest BCUT2D eigenvalue weighted by atomic mass is 10.0. The van der Waals surface area contributed by atoms with Crippen molar-refractivity contribution in [2.24, 2.45) is 0 Å². The van der Waals surface area contributed by atoms with Gasteiger partial charge in [0.1, 0.15) is 0 Å². The van der Waals surface area contributed by atoms with Crippen molar-refractivity contribution >= 4 is 0 Å². The normalized spacial score (nSPS) is 23.5. The standard InChI is InChI=1S/C14H21N7/c1-2-8-19(13(4-1)10-20-9-3-7-15-20)11-14-16-17-18-21(14)12-5-6-12/h3,7,9,12-13H,1-2,4-6,8,10-11H2. The zero-order valence-electron chi connectivity index (χ0n) is 12.2. The Bertz CT molecular complexity index is 572. The van der Waals surface area contributed by atoms with E-state index < -0.39 is 0 Å². The van der Waals surface area contributed by atoms with Gasteiger partial charge in [-0.25, -0.2) is 4.68 Å². The van der Waals surface area contributed by atoms with Gasteiger partial charge in [0.2, 0.25) is 0 Å². The highest BCUT2D eigenvalue weighted by Crippen LogP contribution is 2.34. The number of likely N-dealkylation sites (tertiary alicyclic amines) is 1. The molecular weight excluding hydrogens is 266 g/mol. The molecule has 0 N–H and O–H groups in total. The number of rotatable bonds is 5. The predicted molar refractivity (Wildman–Crippen MR) is 76.4 cm³/mol. The van der Waals surface area contributed by atoms with Gasteiger partial charge < -0.3 is 0 Å². The van der Waals surface area contributed by atoms with Crippen molar-refractivity contribution in [2.75, 3.05) is 6.54 Å². The monoisotopic (exact) mass is 287 g/mol. The summed E-state index contributed by atoms with van der Waals surface area (Å²) >= 11 is 0. The molecule has 3 heterocycles. The Balaban J connectivity index is 1.47. The summed E-state index contributed by atoms with van der Waals surface area (Å²) in [5.74, 6) is 1.02. The summed E-state index contributed by atoms with van der Waals surface area (Å²) in [5, 5.41) is 16.6. The highest BCUT2D eigenvalue weighted by atomic mass is 15.6. The van der Waals surface area contributed by atoms with Gasteiger partial charge in [0.15, 0.2) is 5.82 Å². The minimum Gasteiger partial charge on any atom is -0.291 e. The number of aromatic nitrogens is 6. The summed E-state index contributed by atoms with van der Waals surface area (Å²) in [6.07, 6.45) is 10.1. The molecule has 0 spiro atoms. The number of hydrogen-bond donors (Lipinski definition) is 0. The Morgan fingerprint density at radius 3 is 2.95 bits per heavy atom. The number of piperidine rings is 1. The second kappa shape index (κ2) is 5.55. The molecule has 2 aromatic rings. The van der Waals surface area contributed by atoms with E-state index in [0.29, 0.717) is 12.1 Å². The van der Waals surface area contributed by atoms with Gasteiger partial charge in [0, 0.05) is 18.4 Å². The van der Waals surface area contributed by atoms with E-state index in [9.17, 15) is 0 Å². The van der Waals surface area contributed by atoms with Crippen LogP contribution < -0.4 is 0 Å². The average molecular weight is 287 g/mol. The Kier molecular flexibility index (Phi) is 3.42. The molecule has 2 aromatic heterocycles. The number of hydrogen-bond acceptors (Lipinski definition) is 5. The van der Waals surface area contributed by atoms with Gasteiger partial charge in [-0.05, 0) is 48.7 Å². The zero-order valence-corrected chi connectivity index (χ0v) is 12.2. The van der Waals surface area contributed by atoms with Crippen molar-refractivity contribution in [3.8, 4) is 0 Å². The molecule has 4 rings (SSSR count). The largest absolute Gasteiger partial charge is 0.291 e. The Morgan fingerprint density at radius 2 is 2.14 bits per heavy atom. The van der Waals surface area contributed by atoms with Gasteiger partial charge in [-0.3, -0.25) is 9.58 Å². The second-order valence-electron chi connectivity index (χ2n) is 6.12. The topological polar surface area (TPSA) is 64.7 Å². The van der Waals surface area contributed by atoms with E-state index in [2.05, 4.69) is 25.5 Å². The lowest BCUT2D eigenvalue weighted by Crippen LogP contribution is -2.42. The molecule has 1 aliphatic heterocycles. The highest BCUT2D eigenvalue weighted by molar-refractivity contribution is 4.92. The van der Waals surface area contributed by atoms with Crippen molar-refractivity contribution in [1.29, 1.82) is 0 Å². The Morgan fingerprint density at radius 1 is 1.19 bits per heavy atom. The van der Waals surface area contributed by atoms with Crippen molar-refractivity contribution in [1.82, 2.24) is 34.9 Å². The van der Waals surface area contributed by atoms with Crippen LogP contribution in [0.2, 0.25) is 0 Å². The minimum absolute atomic E-state index is 0.531. The fourth-order valence-corrected chi connectivity index (χ4v) is 3.20. The highest BCUT2D eigenvalue weighted by Gasteiger charge is 2.30. The van der Waals surface area contributed by atoms with Crippen molar-refractivity contribution in [2.45, 2.75) is 57.3 Å². The third kappa shape index (κ3) is 2.83. The summed E-state index contributed by atoms with van der Waals surface area (Å²) in [7, 11) is 0. The van der Waals surface area contributed by atoms with E-state index in [1.54, 1.807) is 0 Å². The van der Waals surface area contributed by atoms with Gasteiger partial charge >= 0.3 is 0 Å².